The number of piperidine rings is 1. The number of morpholine rings is 1. The molecule has 46 heavy (non-hydrogen) atoms. The van der Waals surface area contributed by atoms with Crippen LogP contribution in [0.3, 0.4) is 0 Å². The first-order chi connectivity index (χ1) is 21.9. The number of amides is 2. The Labute approximate surface area is 272 Å². The third kappa shape index (κ3) is 9.53. The Balaban J connectivity index is 1.62. The van der Waals surface area contributed by atoms with Gasteiger partial charge in [-0.3, -0.25) is 14.4 Å². The molecule has 2 aliphatic rings. The highest BCUT2D eigenvalue weighted by Crippen LogP contribution is 2.36. The molecular weight excluding hydrogens is 588 g/mol. The van der Waals surface area contributed by atoms with Crippen LogP contribution in [0.4, 0.5) is 4.79 Å². The third-order valence-electron chi connectivity index (χ3n) is 8.78. The molecule has 0 spiro atoms. The number of benzene rings is 1. The van der Waals surface area contributed by atoms with E-state index in [0.29, 0.717) is 63.1 Å². The number of carbonyl (C=O) groups excluding carboxylic acids is 4. The fourth-order valence-electron chi connectivity index (χ4n) is 6.51. The topological polar surface area (TPSA) is 120 Å². The minimum Gasteiger partial charge on any atom is -0.466 e. The second-order valence-electron chi connectivity index (χ2n) is 14.0. The van der Waals surface area contributed by atoms with Gasteiger partial charge < -0.3 is 28.6 Å². The number of imidazole rings is 1. The number of rotatable bonds is 12. The third-order valence-corrected chi connectivity index (χ3v) is 8.78. The molecule has 1 aromatic carbocycles. The molecule has 3 heterocycles. The number of hydrogen-bond acceptors (Lipinski definition) is 8. The van der Waals surface area contributed by atoms with E-state index in [4.69, 9.17) is 19.2 Å². The van der Waals surface area contributed by atoms with Crippen LogP contribution in [0, 0.1) is 23.7 Å². The Morgan fingerprint density at radius 3 is 2.41 bits per heavy atom. The minimum atomic E-state index is -0.677. The molecule has 4 rings (SSSR count). The smallest absolute Gasteiger partial charge is 0.410 e. The summed E-state index contributed by atoms with van der Waals surface area (Å²) in [6.07, 6.45) is 2.18. The monoisotopic (exact) mass is 640 g/mol. The lowest BCUT2D eigenvalue weighted by molar-refractivity contribution is -0.143. The molecule has 1 aromatic heterocycles. The highest BCUT2D eigenvalue weighted by Gasteiger charge is 2.41. The summed E-state index contributed by atoms with van der Waals surface area (Å²) >= 11 is 0. The van der Waals surface area contributed by atoms with Crippen molar-refractivity contribution >= 4 is 34.8 Å². The van der Waals surface area contributed by atoms with Crippen molar-refractivity contribution in [3.05, 3.63) is 30.1 Å². The molecule has 0 bridgehead atoms. The summed E-state index contributed by atoms with van der Waals surface area (Å²) in [4.78, 5) is 61.8. The van der Waals surface area contributed by atoms with Crippen molar-refractivity contribution in [2.75, 3.05) is 46.0 Å². The van der Waals surface area contributed by atoms with Gasteiger partial charge in [-0.05, 0) is 70.4 Å². The van der Waals surface area contributed by atoms with Crippen molar-refractivity contribution in [1.82, 2.24) is 19.4 Å². The van der Waals surface area contributed by atoms with E-state index in [1.165, 1.54) is 0 Å². The van der Waals surface area contributed by atoms with Gasteiger partial charge in [0.25, 0.3) is 0 Å². The van der Waals surface area contributed by atoms with Crippen LogP contribution in [-0.4, -0.2) is 94.7 Å². The summed E-state index contributed by atoms with van der Waals surface area (Å²) in [6, 6.07) is 7.54. The number of ketones is 1. The van der Waals surface area contributed by atoms with Crippen molar-refractivity contribution in [3.63, 3.8) is 0 Å². The summed E-state index contributed by atoms with van der Waals surface area (Å²) in [5.74, 6) is -0.238. The summed E-state index contributed by atoms with van der Waals surface area (Å²) in [5, 5.41) is 0. The van der Waals surface area contributed by atoms with Gasteiger partial charge in [-0.2, -0.15) is 0 Å². The first-order valence-electron chi connectivity index (χ1n) is 16.8. The molecule has 11 nitrogen and oxygen atoms in total. The van der Waals surface area contributed by atoms with Crippen LogP contribution in [0.2, 0.25) is 0 Å². The van der Waals surface area contributed by atoms with Crippen LogP contribution in [0.15, 0.2) is 24.3 Å². The Morgan fingerprint density at radius 2 is 1.74 bits per heavy atom. The number of esters is 1. The van der Waals surface area contributed by atoms with Gasteiger partial charge in [-0.25, -0.2) is 9.78 Å². The average molecular weight is 641 g/mol. The first kappa shape index (κ1) is 35.4. The summed E-state index contributed by atoms with van der Waals surface area (Å²) in [5.41, 5.74) is 0.806. The van der Waals surface area contributed by atoms with Crippen LogP contribution in [-0.2, 0) is 30.3 Å². The molecule has 1 unspecified atom stereocenters. The van der Waals surface area contributed by atoms with Crippen molar-refractivity contribution in [1.29, 1.82) is 0 Å². The van der Waals surface area contributed by atoms with Gasteiger partial charge in [-0.1, -0.05) is 32.4 Å². The fraction of sp³-hybridized carbons (Fsp3) is 0.686. The van der Waals surface area contributed by atoms with Crippen LogP contribution in [0.5, 0.6) is 0 Å². The number of hydrogen-bond donors (Lipinski definition) is 0. The number of Topliss-reactive ketones (excluding diaryl/α,β-unsaturated/α-hetero) is 1. The SMILES string of the molecule is CCOC(=O)CCn1c(C(=O)CC(CCC(C)C)[C@H]2C[C@@H](C(=O)N3CCOCC3)CN(C(=O)OC(C)(C)C)C2)nc2ccccc21. The molecule has 2 aromatic rings. The standard InChI is InChI=1S/C35H52N4O7/c1-7-45-31(41)14-15-39-29-11-9-8-10-28(29)36-32(39)30(40)21-25(13-12-24(2)3)26-20-27(33(42)37-16-18-44-19-17-37)23-38(22-26)34(43)46-35(4,5)6/h8-11,24-27H,7,12-23H2,1-6H3/t25?,26-,27+/m0/s1. The number of carbonyl (C=O) groups is 4. The van der Waals surface area contributed by atoms with E-state index in [0.717, 1.165) is 18.4 Å². The lowest BCUT2D eigenvalue weighted by Crippen LogP contribution is -2.53. The van der Waals surface area contributed by atoms with Crippen molar-refractivity contribution < 1.29 is 33.4 Å². The lowest BCUT2D eigenvalue weighted by atomic mass is 9.75. The van der Waals surface area contributed by atoms with Gasteiger partial charge in [0.05, 0.1) is 43.2 Å². The van der Waals surface area contributed by atoms with Gasteiger partial charge in [-0.15, -0.1) is 0 Å². The van der Waals surface area contributed by atoms with E-state index in [1.54, 1.807) is 11.8 Å². The maximum atomic E-state index is 14.2. The second-order valence-corrected chi connectivity index (χ2v) is 14.0. The first-order valence-corrected chi connectivity index (χ1v) is 16.8. The summed E-state index contributed by atoms with van der Waals surface area (Å²) in [7, 11) is 0. The molecule has 254 valence electrons. The average Bonchev–Trinajstić information content (AvgIpc) is 3.39. The normalized spacial score (nSPS) is 19.7. The molecule has 11 heteroatoms. The van der Waals surface area contributed by atoms with Crippen LogP contribution >= 0.6 is 0 Å². The van der Waals surface area contributed by atoms with Gasteiger partial charge in [0.15, 0.2) is 11.6 Å². The molecule has 0 N–H and O–H groups in total. The number of para-hydroxylation sites is 2. The molecule has 0 aliphatic carbocycles. The molecule has 3 atom stereocenters. The Bertz CT molecular complexity index is 1360. The van der Waals surface area contributed by atoms with Crippen molar-refractivity contribution in [2.24, 2.45) is 23.7 Å². The predicted molar refractivity (Wildman–Crippen MR) is 174 cm³/mol. The van der Waals surface area contributed by atoms with E-state index in [2.05, 4.69) is 13.8 Å². The number of aryl methyl sites for hydroxylation is 1. The highest BCUT2D eigenvalue weighted by molar-refractivity contribution is 5.96. The second kappa shape index (κ2) is 15.9. The lowest BCUT2D eigenvalue weighted by Gasteiger charge is -2.42. The molecule has 0 saturated carbocycles. The quantitative estimate of drug-likeness (QED) is 0.225. The number of likely N-dealkylation sites (tertiary alicyclic amines) is 1. The van der Waals surface area contributed by atoms with E-state index < -0.39 is 17.6 Å². The van der Waals surface area contributed by atoms with Gasteiger partial charge in [0.1, 0.15) is 5.60 Å². The van der Waals surface area contributed by atoms with Gasteiger partial charge >= 0.3 is 12.1 Å². The molecule has 0 radical (unpaired) electrons. The van der Waals surface area contributed by atoms with Crippen molar-refractivity contribution in [3.8, 4) is 0 Å². The number of nitrogens with zero attached hydrogens (tertiary/aromatic N) is 4. The van der Waals surface area contributed by atoms with Crippen molar-refractivity contribution in [2.45, 2.75) is 85.8 Å². The fourth-order valence-corrected chi connectivity index (χ4v) is 6.51. The van der Waals surface area contributed by atoms with Gasteiger partial charge in [0, 0.05) is 39.1 Å². The maximum absolute atomic E-state index is 14.2. The van der Waals surface area contributed by atoms with Crippen LogP contribution in [0.25, 0.3) is 11.0 Å². The van der Waals surface area contributed by atoms with Gasteiger partial charge in [0.2, 0.25) is 5.91 Å². The highest BCUT2D eigenvalue weighted by atomic mass is 16.6. The Hall–Kier alpha value is -3.47. The maximum Gasteiger partial charge on any atom is 0.410 e. The van der Waals surface area contributed by atoms with E-state index in [-0.39, 0.29) is 55.4 Å². The zero-order valence-electron chi connectivity index (χ0n) is 28.5. The number of ether oxygens (including phenoxy) is 3. The predicted octanol–water partition coefficient (Wildman–Crippen LogP) is 5.35. The number of aromatic nitrogens is 2. The number of fused-ring (bicyclic) bond motifs is 1. The molecular formula is C35H52N4O7. The van der Waals surface area contributed by atoms with E-state index in [1.807, 2.05) is 54.5 Å². The largest absolute Gasteiger partial charge is 0.466 e. The minimum absolute atomic E-state index is 0.0243. The molecule has 2 aliphatic heterocycles. The zero-order valence-corrected chi connectivity index (χ0v) is 28.5. The van der Waals surface area contributed by atoms with Crippen LogP contribution in [0.1, 0.15) is 84.3 Å². The Kier molecular flexibility index (Phi) is 12.2. The summed E-state index contributed by atoms with van der Waals surface area (Å²) < 4.78 is 18.2. The van der Waals surface area contributed by atoms with E-state index >= 15 is 0 Å². The van der Waals surface area contributed by atoms with Crippen LogP contribution < -0.4 is 0 Å². The zero-order chi connectivity index (χ0) is 33.4. The molecule has 2 fully saturated rings. The summed E-state index contributed by atoms with van der Waals surface area (Å²) in [6.45, 7) is 14.9. The Morgan fingerprint density at radius 1 is 1.02 bits per heavy atom. The molecule has 2 saturated heterocycles. The molecule has 2 amide bonds. The van der Waals surface area contributed by atoms with E-state index in [9.17, 15) is 19.2 Å².